The molecule has 0 radical (unpaired) electrons. The summed E-state index contributed by atoms with van der Waals surface area (Å²) in [6, 6.07) is -0.471. The summed E-state index contributed by atoms with van der Waals surface area (Å²) in [5.74, 6) is -1.03. The van der Waals surface area contributed by atoms with Crippen LogP contribution in [0.15, 0.2) is 0 Å². The molecule has 0 fully saturated rings. The van der Waals surface area contributed by atoms with E-state index in [2.05, 4.69) is 0 Å². The molecule has 4 N–H and O–H groups in total. The summed E-state index contributed by atoms with van der Waals surface area (Å²) < 4.78 is 0. The van der Waals surface area contributed by atoms with Crippen LogP contribution in [0.2, 0.25) is 0 Å². The average molecular weight is 133 g/mol. The number of hydrogen-bond donors (Lipinski definition) is 3. The van der Waals surface area contributed by atoms with Gasteiger partial charge in [0.1, 0.15) is 0 Å². The van der Waals surface area contributed by atoms with Gasteiger partial charge in [-0.25, -0.2) is 0 Å². The largest absolute Gasteiger partial charge is 0.481 e. The number of nitrogens with two attached hydrogens (primary N) is 1. The predicted molar refractivity (Wildman–Crippen MR) is 31.9 cm³/mol. The van der Waals surface area contributed by atoms with E-state index in [9.17, 15) is 4.79 Å². The van der Waals surface area contributed by atoms with Crippen molar-refractivity contribution in [3.05, 3.63) is 0 Å². The number of aliphatic hydroxyl groups is 1. The van der Waals surface area contributed by atoms with Gasteiger partial charge in [-0.2, -0.15) is 0 Å². The second-order valence-corrected chi connectivity index (χ2v) is 2.02. The van der Waals surface area contributed by atoms with Gasteiger partial charge in [0.15, 0.2) is 0 Å². The van der Waals surface area contributed by atoms with Crippen LogP contribution in [0.5, 0.6) is 0 Å². The summed E-state index contributed by atoms with van der Waals surface area (Å²) in [6.45, 7) is 1.56. The molecular formula is C5H11NO3. The normalized spacial score (nSPS) is 16.8. The first-order valence-electron chi connectivity index (χ1n) is 2.69. The van der Waals surface area contributed by atoms with Crippen molar-refractivity contribution in [3.8, 4) is 0 Å². The third-order valence-corrected chi connectivity index (χ3v) is 0.991. The Labute approximate surface area is 53.3 Å². The van der Waals surface area contributed by atoms with Crippen LogP contribution < -0.4 is 5.73 Å². The Hall–Kier alpha value is -0.610. The van der Waals surface area contributed by atoms with Gasteiger partial charge >= 0.3 is 5.97 Å². The quantitative estimate of drug-likeness (QED) is 0.469. The minimum absolute atomic E-state index is 0.280. The molecule has 2 atom stereocenters. The zero-order chi connectivity index (χ0) is 7.44. The number of aliphatic carboxylic acids is 1. The first-order valence-corrected chi connectivity index (χ1v) is 2.69. The standard InChI is InChI=1S/C5H11NO3/c1-3(6)4(7)2-5(8)9/h3-4,7H,2,6H2,1H3,(H,8,9)/t3-,4-/m0/s1. The summed E-state index contributed by atoms with van der Waals surface area (Å²) in [5.41, 5.74) is 5.17. The minimum Gasteiger partial charge on any atom is -0.481 e. The van der Waals surface area contributed by atoms with E-state index in [-0.39, 0.29) is 6.42 Å². The Morgan fingerprint density at radius 1 is 1.78 bits per heavy atom. The van der Waals surface area contributed by atoms with Crippen molar-refractivity contribution >= 4 is 5.97 Å². The molecule has 0 aromatic rings. The first-order chi connectivity index (χ1) is 4.04. The Balaban J connectivity index is 3.50. The molecule has 0 spiro atoms. The third kappa shape index (κ3) is 3.93. The highest BCUT2D eigenvalue weighted by Gasteiger charge is 2.12. The number of aliphatic hydroxyl groups excluding tert-OH is 1. The van der Waals surface area contributed by atoms with Crippen molar-refractivity contribution in [1.29, 1.82) is 0 Å². The summed E-state index contributed by atoms with van der Waals surface area (Å²) in [6.07, 6.45) is -1.21. The van der Waals surface area contributed by atoms with Crippen LogP contribution in [-0.4, -0.2) is 28.3 Å². The monoisotopic (exact) mass is 133 g/mol. The first kappa shape index (κ1) is 8.39. The van der Waals surface area contributed by atoms with Gasteiger partial charge in [-0.3, -0.25) is 4.79 Å². The molecule has 0 heterocycles. The lowest BCUT2D eigenvalue weighted by molar-refractivity contribution is -0.139. The molecule has 0 bridgehead atoms. The fourth-order valence-corrected chi connectivity index (χ4v) is 0.365. The third-order valence-electron chi connectivity index (χ3n) is 0.991. The van der Waals surface area contributed by atoms with Crippen LogP contribution in [0, 0.1) is 0 Å². The Kier molecular flexibility index (Phi) is 3.19. The molecule has 0 aromatic heterocycles. The van der Waals surface area contributed by atoms with E-state index >= 15 is 0 Å². The summed E-state index contributed by atoms with van der Waals surface area (Å²) in [5, 5.41) is 16.9. The van der Waals surface area contributed by atoms with Crippen LogP contribution in [0.1, 0.15) is 13.3 Å². The highest BCUT2D eigenvalue weighted by molar-refractivity contribution is 5.67. The zero-order valence-corrected chi connectivity index (χ0v) is 5.24. The lowest BCUT2D eigenvalue weighted by Crippen LogP contribution is -2.33. The number of rotatable bonds is 3. The van der Waals surface area contributed by atoms with Crippen LogP contribution in [0.4, 0.5) is 0 Å². The number of hydrogen-bond acceptors (Lipinski definition) is 3. The Morgan fingerprint density at radius 2 is 2.22 bits per heavy atom. The van der Waals surface area contributed by atoms with E-state index < -0.39 is 18.1 Å². The van der Waals surface area contributed by atoms with Gasteiger partial charge in [-0.1, -0.05) is 0 Å². The van der Waals surface area contributed by atoms with Gasteiger partial charge in [0, 0.05) is 6.04 Å². The van der Waals surface area contributed by atoms with Crippen molar-refractivity contribution in [2.45, 2.75) is 25.5 Å². The van der Waals surface area contributed by atoms with Crippen LogP contribution >= 0.6 is 0 Å². The van der Waals surface area contributed by atoms with Crippen LogP contribution in [-0.2, 0) is 4.79 Å². The lowest BCUT2D eigenvalue weighted by Gasteiger charge is -2.10. The molecule has 0 rings (SSSR count). The minimum atomic E-state index is -1.03. The molecule has 0 aliphatic rings. The van der Waals surface area contributed by atoms with Gasteiger partial charge in [-0.05, 0) is 6.92 Å². The number of carboxylic acid groups (broad SMARTS) is 1. The molecule has 0 saturated heterocycles. The molecule has 0 amide bonds. The van der Waals surface area contributed by atoms with Crippen molar-refractivity contribution in [2.24, 2.45) is 5.73 Å². The van der Waals surface area contributed by atoms with Gasteiger partial charge in [-0.15, -0.1) is 0 Å². The SMILES string of the molecule is C[C@H](N)[C@@H](O)CC(=O)O. The van der Waals surface area contributed by atoms with E-state index in [4.69, 9.17) is 15.9 Å². The van der Waals surface area contributed by atoms with Crippen LogP contribution in [0.3, 0.4) is 0 Å². The molecule has 0 unspecified atom stereocenters. The smallest absolute Gasteiger partial charge is 0.306 e. The van der Waals surface area contributed by atoms with Crippen molar-refractivity contribution in [1.82, 2.24) is 0 Å². The van der Waals surface area contributed by atoms with E-state index in [1.807, 2.05) is 0 Å². The van der Waals surface area contributed by atoms with E-state index in [0.29, 0.717) is 0 Å². The molecule has 54 valence electrons. The average Bonchev–Trinajstić information content (AvgIpc) is 1.63. The maximum absolute atomic E-state index is 9.90. The summed E-state index contributed by atoms with van der Waals surface area (Å²) in [7, 11) is 0. The Morgan fingerprint density at radius 3 is 2.33 bits per heavy atom. The predicted octanol–water partition coefficient (Wildman–Crippen LogP) is -0.831. The summed E-state index contributed by atoms with van der Waals surface area (Å²) >= 11 is 0. The van der Waals surface area contributed by atoms with E-state index in [0.717, 1.165) is 0 Å². The van der Waals surface area contributed by atoms with Gasteiger partial charge in [0.05, 0.1) is 12.5 Å². The topological polar surface area (TPSA) is 83.5 Å². The molecule has 4 heteroatoms. The second-order valence-electron chi connectivity index (χ2n) is 2.02. The fourth-order valence-electron chi connectivity index (χ4n) is 0.365. The van der Waals surface area contributed by atoms with Crippen molar-refractivity contribution in [3.63, 3.8) is 0 Å². The lowest BCUT2D eigenvalue weighted by atomic mass is 10.1. The molecule has 4 nitrogen and oxygen atoms in total. The van der Waals surface area contributed by atoms with E-state index in [1.165, 1.54) is 0 Å². The van der Waals surface area contributed by atoms with Crippen molar-refractivity contribution in [2.75, 3.05) is 0 Å². The number of carbonyl (C=O) groups is 1. The van der Waals surface area contributed by atoms with E-state index in [1.54, 1.807) is 6.92 Å². The zero-order valence-electron chi connectivity index (χ0n) is 5.24. The fraction of sp³-hybridized carbons (Fsp3) is 0.800. The maximum atomic E-state index is 9.90. The molecule has 0 aliphatic heterocycles. The number of carboxylic acids is 1. The molecular weight excluding hydrogens is 122 g/mol. The van der Waals surface area contributed by atoms with Gasteiger partial charge in [0.25, 0.3) is 0 Å². The molecule has 9 heavy (non-hydrogen) atoms. The Bertz CT molecular complexity index is 102. The molecule has 0 saturated carbocycles. The van der Waals surface area contributed by atoms with Crippen LogP contribution in [0.25, 0.3) is 0 Å². The second kappa shape index (κ2) is 3.42. The highest BCUT2D eigenvalue weighted by atomic mass is 16.4. The molecule has 0 aliphatic carbocycles. The van der Waals surface area contributed by atoms with Gasteiger partial charge < -0.3 is 15.9 Å². The van der Waals surface area contributed by atoms with Crippen molar-refractivity contribution < 1.29 is 15.0 Å². The van der Waals surface area contributed by atoms with Gasteiger partial charge in [0.2, 0.25) is 0 Å². The molecule has 0 aromatic carbocycles. The maximum Gasteiger partial charge on any atom is 0.306 e. The summed E-state index contributed by atoms with van der Waals surface area (Å²) in [4.78, 5) is 9.90. The highest BCUT2D eigenvalue weighted by Crippen LogP contribution is 1.94.